The number of hydrogen-bond acceptors (Lipinski definition) is 3. The van der Waals surface area contributed by atoms with E-state index in [1.807, 2.05) is 12.1 Å². The first-order valence-electron chi connectivity index (χ1n) is 7.29. The number of hydrogen-bond donors (Lipinski definition) is 2. The SMILES string of the molecule is CCCOc1c(Br)cc(CNc2ccc(C(=O)O)c(Cl)c2)cc1Br. The maximum absolute atomic E-state index is 11.0. The number of ether oxygens (including phenoxy) is 1. The summed E-state index contributed by atoms with van der Waals surface area (Å²) in [7, 11) is 0. The molecule has 0 unspecified atom stereocenters. The van der Waals surface area contributed by atoms with Crippen molar-refractivity contribution in [2.24, 2.45) is 0 Å². The van der Waals surface area contributed by atoms with Crippen molar-refractivity contribution in [2.75, 3.05) is 11.9 Å². The van der Waals surface area contributed by atoms with Crippen LogP contribution in [0, 0.1) is 0 Å². The van der Waals surface area contributed by atoms with Gasteiger partial charge in [-0.25, -0.2) is 4.79 Å². The van der Waals surface area contributed by atoms with Crippen molar-refractivity contribution >= 4 is 55.1 Å². The van der Waals surface area contributed by atoms with Crippen molar-refractivity contribution in [1.29, 1.82) is 0 Å². The van der Waals surface area contributed by atoms with Gasteiger partial charge in [0.25, 0.3) is 0 Å². The van der Waals surface area contributed by atoms with Gasteiger partial charge in [-0.15, -0.1) is 0 Å². The van der Waals surface area contributed by atoms with Gasteiger partial charge in [0.1, 0.15) is 5.75 Å². The predicted molar refractivity (Wildman–Crippen MR) is 103 cm³/mol. The Balaban J connectivity index is 2.09. The Morgan fingerprint density at radius 1 is 1.25 bits per heavy atom. The highest BCUT2D eigenvalue weighted by molar-refractivity contribution is 9.11. The molecule has 24 heavy (non-hydrogen) atoms. The highest BCUT2D eigenvalue weighted by atomic mass is 79.9. The van der Waals surface area contributed by atoms with Crippen LogP contribution in [0.3, 0.4) is 0 Å². The molecule has 0 aliphatic rings. The molecule has 7 heteroatoms. The van der Waals surface area contributed by atoms with Gasteiger partial charge in [-0.1, -0.05) is 18.5 Å². The van der Waals surface area contributed by atoms with Crippen molar-refractivity contribution in [3.05, 3.63) is 55.4 Å². The summed E-state index contributed by atoms with van der Waals surface area (Å²) in [6, 6.07) is 8.75. The maximum atomic E-state index is 11.0. The number of rotatable bonds is 7. The molecule has 2 aromatic carbocycles. The fraction of sp³-hybridized carbons (Fsp3) is 0.235. The van der Waals surface area contributed by atoms with E-state index < -0.39 is 5.97 Å². The van der Waals surface area contributed by atoms with Crippen molar-refractivity contribution < 1.29 is 14.6 Å². The second-order valence-electron chi connectivity index (χ2n) is 5.09. The summed E-state index contributed by atoms with van der Waals surface area (Å²) in [6.45, 7) is 3.28. The molecule has 2 aromatic rings. The zero-order valence-corrected chi connectivity index (χ0v) is 16.8. The molecule has 0 aromatic heterocycles. The first-order chi connectivity index (χ1) is 11.4. The van der Waals surface area contributed by atoms with Crippen molar-refractivity contribution in [3.63, 3.8) is 0 Å². The van der Waals surface area contributed by atoms with Crippen LogP contribution < -0.4 is 10.1 Å². The van der Waals surface area contributed by atoms with Crippen LogP contribution in [-0.2, 0) is 6.54 Å². The molecular formula is C17H16Br2ClNO3. The van der Waals surface area contributed by atoms with E-state index in [1.165, 1.54) is 6.07 Å². The number of halogens is 3. The van der Waals surface area contributed by atoms with Gasteiger partial charge >= 0.3 is 5.97 Å². The molecule has 0 saturated carbocycles. The fourth-order valence-electron chi connectivity index (χ4n) is 2.06. The van der Waals surface area contributed by atoms with Crippen LogP contribution in [0.15, 0.2) is 39.3 Å². The summed E-state index contributed by atoms with van der Waals surface area (Å²) in [5.41, 5.74) is 1.88. The van der Waals surface area contributed by atoms with Crippen molar-refractivity contribution in [1.82, 2.24) is 0 Å². The molecule has 2 rings (SSSR count). The number of carboxylic acids is 1. The quantitative estimate of drug-likeness (QED) is 0.516. The van der Waals surface area contributed by atoms with E-state index in [1.54, 1.807) is 12.1 Å². The standard InChI is InChI=1S/C17H16Br2ClNO3/c1-2-5-24-16-13(18)6-10(7-14(16)19)9-21-11-3-4-12(17(22)23)15(20)8-11/h3-4,6-8,21H,2,5,9H2,1H3,(H,22,23). The molecule has 0 amide bonds. The highest BCUT2D eigenvalue weighted by Gasteiger charge is 2.11. The van der Waals surface area contributed by atoms with Crippen molar-refractivity contribution in [2.45, 2.75) is 19.9 Å². The molecule has 0 spiro atoms. The third-order valence-electron chi connectivity index (χ3n) is 3.20. The van der Waals surface area contributed by atoms with Gasteiger partial charge in [0, 0.05) is 12.2 Å². The molecule has 2 N–H and O–H groups in total. The van der Waals surface area contributed by atoms with E-state index in [4.69, 9.17) is 21.4 Å². The van der Waals surface area contributed by atoms with E-state index in [0.717, 1.165) is 32.4 Å². The molecule has 0 bridgehead atoms. The van der Waals surface area contributed by atoms with E-state index in [-0.39, 0.29) is 10.6 Å². The van der Waals surface area contributed by atoms with E-state index in [2.05, 4.69) is 44.1 Å². The Hall–Kier alpha value is -1.24. The first-order valence-corrected chi connectivity index (χ1v) is 9.26. The van der Waals surface area contributed by atoms with Gasteiger partial charge < -0.3 is 15.2 Å². The number of aromatic carboxylic acids is 1. The first kappa shape index (κ1) is 19.1. The fourth-order valence-corrected chi connectivity index (χ4v) is 3.83. The molecule has 0 atom stereocenters. The van der Waals surface area contributed by atoms with Crippen LogP contribution in [0.1, 0.15) is 29.3 Å². The zero-order valence-electron chi connectivity index (χ0n) is 12.9. The average molecular weight is 478 g/mol. The van der Waals surface area contributed by atoms with Crippen LogP contribution >= 0.6 is 43.5 Å². The largest absolute Gasteiger partial charge is 0.491 e. The maximum Gasteiger partial charge on any atom is 0.337 e. The van der Waals surface area contributed by atoms with Crippen LogP contribution in [-0.4, -0.2) is 17.7 Å². The summed E-state index contributed by atoms with van der Waals surface area (Å²) in [4.78, 5) is 11.0. The lowest BCUT2D eigenvalue weighted by molar-refractivity contribution is 0.0697. The van der Waals surface area contributed by atoms with E-state index in [9.17, 15) is 4.79 Å². The monoisotopic (exact) mass is 475 g/mol. The van der Waals surface area contributed by atoms with Gasteiger partial charge in [-0.05, 0) is 74.2 Å². The molecule has 0 aliphatic carbocycles. The number of nitrogens with one attached hydrogen (secondary N) is 1. The third kappa shape index (κ3) is 4.88. The normalized spacial score (nSPS) is 10.5. The Labute approximate surface area is 162 Å². The van der Waals surface area contributed by atoms with Crippen LogP contribution in [0.5, 0.6) is 5.75 Å². The summed E-state index contributed by atoms with van der Waals surface area (Å²) < 4.78 is 7.45. The molecule has 0 heterocycles. The minimum atomic E-state index is -1.04. The molecule has 0 radical (unpaired) electrons. The molecular weight excluding hydrogens is 461 g/mol. The minimum absolute atomic E-state index is 0.0881. The number of anilines is 1. The van der Waals surface area contributed by atoms with Gasteiger partial charge in [-0.3, -0.25) is 0 Å². The second-order valence-corrected chi connectivity index (χ2v) is 7.21. The van der Waals surface area contributed by atoms with Crippen LogP contribution in [0.2, 0.25) is 5.02 Å². The number of benzene rings is 2. The smallest absolute Gasteiger partial charge is 0.337 e. The van der Waals surface area contributed by atoms with E-state index in [0.29, 0.717) is 13.2 Å². The second kappa shape index (κ2) is 8.74. The molecule has 4 nitrogen and oxygen atoms in total. The van der Waals surface area contributed by atoms with Gasteiger partial charge in [0.05, 0.1) is 26.1 Å². The Morgan fingerprint density at radius 2 is 1.92 bits per heavy atom. The van der Waals surface area contributed by atoms with Gasteiger partial charge in [-0.2, -0.15) is 0 Å². The van der Waals surface area contributed by atoms with Gasteiger partial charge in [0.2, 0.25) is 0 Å². The molecule has 0 saturated heterocycles. The summed E-state index contributed by atoms with van der Waals surface area (Å²) in [5.74, 6) is -0.253. The Bertz CT molecular complexity index is 730. The molecule has 0 fully saturated rings. The summed E-state index contributed by atoms with van der Waals surface area (Å²) in [6.07, 6.45) is 0.940. The molecule has 128 valence electrons. The van der Waals surface area contributed by atoms with Crippen LogP contribution in [0.25, 0.3) is 0 Å². The summed E-state index contributed by atoms with van der Waals surface area (Å²) in [5, 5.41) is 12.4. The zero-order chi connectivity index (χ0) is 17.7. The minimum Gasteiger partial charge on any atom is -0.491 e. The average Bonchev–Trinajstić information content (AvgIpc) is 2.52. The topological polar surface area (TPSA) is 58.6 Å². The highest BCUT2D eigenvalue weighted by Crippen LogP contribution is 2.35. The predicted octanol–water partition coefficient (Wildman–Crippen LogP) is 5.96. The lowest BCUT2D eigenvalue weighted by Gasteiger charge is -2.13. The Morgan fingerprint density at radius 3 is 2.46 bits per heavy atom. The summed E-state index contributed by atoms with van der Waals surface area (Å²) >= 11 is 13.0. The van der Waals surface area contributed by atoms with Crippen LogP contribution in [0.4, 0.5) is 5.69 Å². The number of carboxylic acid groups (broad SMARTS) is 1. The number of carbonyl (C=O) groups is 1. The van der Waals surface area contributed by atoms with E-state index >= 15 is 0 Å². The third-order valence-corrected chi connectivity index (χ3v) is 4.70. The molecule has 0 aliphatic heterocycles. The Kier molecular flexibility index (Phi) is 6.95. The lowest BCUT2D eigenvalue weighted by atomic mass is 10.2. The lowest BCUT2D eigenvalue weighted by Crippen LogP contribution is -2.03. The van der Waals surface area contributed by atoms with Crippen molar-refractivity contribution in [3.8, 4) is 5.75 Å². The van der Waals surface area contributed by atoms with Gasteiger partial charge in [0.15, 0.2) is 0 Å².